The number of nitrogens with one attached hydrogen (secondary N) is 1. The fraction of sp³-hybridized carbons (Fsp3) is 0.167. The lowest BCUT2D eigenvalue weighted by Crippen LogP contribution is -2.34. The Morgan fingerprint density at radius 3 is 2.57 bits per heavy atom. The molecule has 0 radical (unpaired) electrons. The van der Waals surface area contributed by atoms with Crippen LogP contribution in [0.25, 0.3) is 10.9 Å². The van der Waals surface area contributed by atoms with Gasteiger partial charge in [0, 0.05) is 17.1 Å². The van der Waals surface area contributed by atoms with Crippen molar-refractivity contribution in [3.8, 4) is 5.75 Å². The predicted octanol–water partition coefficient (Wildman–Crippen LogP) is 0.222. The number of carboxylic acid groups (broad SMARTS) is 1. The highest BCUT2D eigenvalue weighted by molar-refractivity contribution is 7.90. The highest BCUT2D eigenvalue weighted by atomic mass is 32.2. The van der Waals surface area contributed by atoms with Crippen LogP contribution in [0.15, 0.2) is 47.6 Å². The highest BCUT2D eigenvalue weighted by Gasteiger charge is 2.23. The summed E-state index contributed by atoms with van der Waals surface area (Å²) < 4.78 is 33.0. The maximum Gasteiger partial charge on any atom is 0.281 e. The molecular formula is C18H16N3O6S-. The highest BCUT2D eigenvalue weighted by Crippen LogP contribution is 2.25. The van der Waals surface area contributed by atoms with Crippen molar-refractivity contribution in [3.63, 3.8) is 0 Å². The molecule has 3 rings (SSSR count). The zero-order valence-electron chi connectivity index (χ0n) is 15.0. The second-order valence-electron chi connectivity index (χ2n) is 6.02. The molecule has 1 N–H and O–H groups in total. The number of methoxy groups -OCH3 is 1. The summed E-state index contributed by atoms with van der Waals surface area (Å²) in [6.07, 6.45) is 1.36. The van der Waals surface area contributed by atoms with Gasteiger partial charge in [-0.25, -0.2) is 9.71 Å². The number of hydrogen-bond donors (Lipinski definition) is 1. The number of sulfonamides is 1. The van der Waals surface area contributed by atoms with E-state index in [0.29, 0.717) is 16.7 Å². The monoisotopic (exact) mass is 402 g/mol. The molecule has 9 nitrogen and oxygen atoms in total. The maximum absolute atomic E-state index is 12.6. The summed E-state index contributed by atoms with van der Waals surface area (Å²) in [6.45, 7) is 1.12. The molecule has 0 atom stereocenters. The molecule has 3 aromatic rings. The SMILES string of the molecule is COc1ccc2c(c1)cc(C(=O)NS(=O)(=O)c1ccc(C)cn1)n2CC(=O)[O-]. The Kier molecular flexibility index (Phi) is 5.06. The van der Waals surface area contributed by atoms with Crippen LogP contribution < -0.4 is 14.6 Å². The molecular weight excluding hydrogens is 386 g/mol. The van der Waals surface area contributed by atoms with E-state index in [2.05, 4.69) is 4.98 Å². The first-order chi connectivity index (χ1) is 13.2. The third-order valence-electron chi connectivity index (χ3n) is 4.01. The third-order valence-corrected chi connectivity index (χ3v) is 5.26. The molecule has 0 aliphatic heterocycles. The topological polar surface area (TPSA) is 130 Å². The fourth-order valence-electron chi connectivity index (χ4n) is 2.70. The first-order valence-corrected chi connectivity index (χ1v) is 9.56. The van der Waals surface area contributed by atoms with Gasteiger partial charge in [0.15, 0.2) is 5.03 Å². The summed E-state index contributed by atoms with van der Waals surface area (Å²) in [5.74, 6) is -1.91. The number of amides is 1. The molecule has 146 valence electrons. The van der Waals surface area contributed by atoms with Gasteiger partial charge in [-0.2, -0.15) is 8.42 Å². The van der Waals surface area contributed by atoms with Crippen LogP contribution >= 0.6 is 0 Å². The molecule has 0 aliphatic carbocycles. The van der Waals surface area contributed by atoms with Gasteiger partial charge in [0.05, 0.1) is 19.6 Å². The molecule has 0 unspecified atom stereocenters. The Hall–Kier alpha value is -3.40. The molecule has 0 saturated carbocycles. The molecule has 1 amide bonds. The van der Waals surface area contributed by atoms with E-state index in [9.17, 15) is 23.1 Å². The molecule has 0 bridgehead atoms. The summed E-state index contributed by atoms with van der Waals surface area (Å²) in [7, 11) is -2.77. The number of pyridine rings is 1. The van der Waals surface area contributed by atoms with Gasteiger partial charge < -0.3 is 19.2 Å². The molecule has 2 aromatic heterocycles. The lowest BCUT2D eigenvalue weighted by molar-refractivity contribution is -0.306. The Morgan fingerprint density at radius 1 is 1.21 bits per heavy atom. The summed E-state index contributed by atoms with van der Waals surface area (Å²) in [6, 6.07) is 8.98. The molecule has 0 aliphatic rings. The number of carbonyl (C=O) groups excluding carboxylic acids is 2. The standard InChI is InChI=1S/C18H17N3O6S/c1-11-3-6-16(19-9-11)28(25,26)20-18(24)15-8-12-7-13(27-2)4-5-14(12)21(15)10-17(22)23/h3-9H,10H2,1-2H3,(H,20,24)(H,22,23)/p-1. The molecule has 2 heterocycles. The Bertz CT molecular complexity index is 1170. The zero-order valence-corrected chi connectivity index (χ0v) is 15.8. The third kappa shape index (κ3) is 3.81. The van der Waals surface area contributed by atoms with Gasteiger partial charge in [-0.1, -0.05) is 6.07 Å². The van der Waals surface area contributed by atoms with E-state index in [0.717, 1.165) is 10.1 Å². The van der Waals surface area contributed by atoms with Crippen molar-refractivity contribution in [1.82, 2.24) is 14.3 Å². The van der Waals surface area contributed by atoms with Gasteiger partial charge in [-0.05, 0) is 42.8 Å². The molecule has 28 heavy (non-hydrogen) atoms. The fourth-order valence-corrected chi connectivity index (χ4v) is 3.60. The van der Waals surface area contributed by atoms with E-state index in [1.54, 1.807) is 31.2 Å². The number of aryl methyl sites for hydroxylation is 1. The summed E-state index contributed by atoms with van der Waals surface area (Å²) >= 11 is 0. The number of ether oxygens (including phenoxy) is 1. The first kappa shape index (κ1) is 19.4. The van der Waals surface area contributed by atoms with Gasteiger partial charge in [0.25, 0.3) is 15.9 Å². The zero-order chi connectivity index (χ0) is 20.5. The summed E-state index contributed by atoms with van der Waals surface area (Å²) in [5, 5.41) is 11.3. The molecule has 0 saturated heterocycles. The van der Waals surface area contributed by atoms with Crippen LogP contribution in [0.4, 0.5) is 0 Å². The van der Waals surface area contributed by atoms with E-state index in [-0.39, 0.29) is 10.7 Å². The molecule has 0 spiro atoms. The van der Waals surface area contributed by atoms with Crippen LogP contribution in [0.5, 0.6) is 5.75 Å². The minimum absolute atomic E-state index is 0.150. The minimum Gasteiger partial charge on any atom is -0.548 e. The average Bonchev–Trinajstić information content (AvgIpc) is 2.99. The van der Waals surface area contributed by atoms with Crippen molar-refractivity contribution >= 4 is 32.8 Å². The Labute approximate surface area is 160 Å². The number of benzene rings is 1. The first-order valence-electron chi connectivity index (χ1n) is 8.08. The van der Waals surface area contributed by atoms with Crippen molar-refractivity contribution < 1.29 is 27.9 Å². The van der Waals surface area contributed by atoms with Gasteiger partial charge in [0.1, 0.15) is 11.4 Å². The number of hydrogen-bond acceptors (Lipinski definition) is 7. The number of aliphatic carboxylic acids is 1. The van der Waals surface area contributed by atoms with Gasteiger partial charge in [-0.15, -0.1) is 0 Å². The van der Waals surface area contributed by atoms with Crippen LogP contribution in [-0.2, 0) is 21.4 Å². The van der Waals surface area contributed by atoms with Gasteiger partial charge in [-0.3, -0.25) is 4.79 Å². The Balaban J connectivity index is 2.02. The molecule has 10 heteroatoms. The lowest BCUT2D eigenvalue weighted by atomic mass is 10.2. The van der Waals surface area contributed by atoms with Crippen LogP contribution in [-0.4, -0.2) is 37.0 Å². The van der Waals surface area contributed by atoms with E-state index >= 15 is 0 Å². The number of carbonyl (C=O) groups is 2. The lowest BCUT2D eigenvalue weighted by Gasteiger charge is -2.12. The number of carboxylic acids is 1. The van der Waals surface area contributed by atoms with Crippen molar-refractivity contribution in [3.05, 3.63) is 53.9 Å². The van der Waals surface area contributed by atoms with Crippen LogP contribution in [0.2, 0.25) is 0 Å². The second kappa shape index (κ2) is 7.31. The van der Waals surface area contributed by atoms with Gasteiger partial charge >= 0.3 is 0 Å². The summed E-state index contributed by atoms with van der Waals surface area (Å²) in [4.78, 5) is 27.6. The largest absolute Gasteiger partial charge is 0.548 e. The van der Waals surface area contributed by atoms with E-state index in [1.807, 2.05) is 4.72 Å². The normalized spacial score (nSPS) is 11.4. The molecule has 0 fully saturated rings. The van der Waals surface area contributed by atoms with Crippen molar-refractivity contribution in [2.45, 2.75) is 18.5 Å². The van der Waals surface area contributed by atoms with E-state index in [4.69, 9.17) is 4.74 Å². The minimum atomic E-state index is -4.23. The van der Waals surface area contributed by atoms with E-state index < -0.39 is 28.4 Å². The van der Waals surface area contributed by atoms with E-state index in [1.165, 1.54) is 25.4 Å². The van der Waals surface area contributed by atoms with Crippen LogP contribution in [0.1, 0.15) is 16.1 Å². The number of aromatic nitrogens is 2. The molecule has 1 aromatic carbocycles. The predicted molar refractivity (Wildman–Crippen MR) is 97.1 cm³/mol. The number of rotatable bonds is 6. The summed E-state index contributed by atoms with van der Waals surface area (Å²) in [5.41, 5.74) is 1.03. The quantitative estimate of drug-likeness (QED) is 0.624. The maximum atomic E-state index is 12.6. The smallest absolute Gasteiger partial charge is 0.281 e. The average molecular weight is 402 g/mol. The Morgan fingerprint density at radius 2 is 1.96 bits per heavy atom. The van der Waals surface area contributed by atoms with Crippen LogP contribution in [0, 0.1) is 6.92 Å². The van der Waals surface area contributed by atoms with Gasteiger partial charge in [0.2, 0.25) is 0 Å². The second-order valence-corrected chi connectivity index (χ2v) is 7.65. The number of nitrogens with zero attached hydrogens (tertiary/aromatic N) is 2. The van der Waals surface area contributed by atoms with Crippen LogP contribution in [0.3, 0.4) is 0 Å². The van der Waals surface area contributed by atoms with Crippen molar-refractivity contribution in [1.29, 1.82) is 0 Å². The van der Waals surface area contributed by atoms with Crippen molar-refractivity contribution in [2.75, 3.05) is 7.11 Å². The number of fused-ring (bicyclic) bond motifs is 1. The van der Waals surface area contributed by atoms with Crippen molar-refractivity contribution in [2.24, 2.45) is 0 Å².